The molecule has 2 aromatic heterocycles. The fourth-order valence-corrected chi connectivity index (χ4v) is 6.11. The Morgan fingerprint density at radius 3 is 1.98 bits per heavy atom. The van der Waals surface area contributed by atoms with E-state index in [1.807, 2.05) is 0 Å². The molecular weight excluding hydrogens is 528 g/mol. The molecule has 0 spiro atoms. The number of benzene rings is 3. The van der Waals surface area contributed by atoms with Crippen LogP contribution in [0.5, 0.6) is 5.75 Å². The highest BCUT2D eigenvalue weighted by Crippen LogP contribution is 2.41. The van der Waals surface area contributed by atoms with Crippen molar-refractivity contribution in [1.29, 1.82) is 0 Å². The molecule has 0 radical (unpaired) electrons. The minimum Gasteiger partial charge on any atom is -0.492 e. The van der Waals surface area contributed by atoms with E-state index in [0.717, 1.165) is 64.6 Å². The first-order valence-corrected chi connectivity index (χ1v) is 15.8. The third-order valence-electron chi connectivity index (χ3n) is 9.46. The fourth-order valence-electron chi connectivity index (χ4n) is 6.11. The zero-order valence-electron chi connectivity index (χ0n) is 27.7. The summed E-state index contributed by atoms with van der Waals surface area (Å²) in [4.78, 5) is 17.7. The molecule has 0 unspecified atom stereocenters. The van der Waals surface area contributed by atoms with Crippen LogP contribution in [0.2, 0.25) is 0 Å². The summed E-state index contributed by atoms with van der Waals surface area (Å²) in [7, 11) is 0. The van der Waals surface area contributed by atoms with E-state index in [9.17, 15) is 0 Å². The summed E-state index contributed by atoms with van der Waals surface area (Å²) in [6.45, 7) is 23.4. The van der Waals surface area contributed by atoms with Gasteiger partial charge < -0.3 is 14.7 Å². The van der Waals surface area contributed by atoms with Crippen molar-refractivity contribution in [3.8, 4) is 17.0 Å². The van der Waals surface area contributed by atoms with Crippen LogP contribution in [-0.2, 0) is 28.1 Å². The average Bonchev–Trinajstić information content (AvgIpc) is 3.50. The lowest BCUT2D eigenvalue weighted by Crippen LogP contribution is -2.26. The molecule has 1 aliphatic heterocycles. The molecule has 43 heavy (non-hydrogen) atoms. The van der Waals surface area contributed by atoms with E-state index >= 15 is 0 Å². The van der Waals surface area contributed by atoms with Crippen LogP contribution in [0.1, 0.15) is 111 Å². The smallest absolute Gasteiger partial charge is 0.128 e. The van der Waals surface area contributed by atoms with Gasteiger partial charge in [-0.2, -0.15) is 0 Å². The van der Waals surface area contributed by atoms with Crippen LogP contribution in [0, 0.1) is 0 Å². The number of hydrogen-bond acceptors (Lipinski definition) is 3. The molecule has 5 aromatic rings. The molecule has 1 aliphatic rings. The summed E-state index contributed by atoms with van der Waals surface area (Å²) in [6.07, 6.45) is 2.76. The van der Waals surface area contributed by atoms with E-state index in [2.05, 4.69) is 128 Å². The number of fused-ring (bicyclic) bond motifs is 5. The third kappa shape index (κ3) is 5.59. The number of imidazole rings is 2. The summed E-state index contributed by atoms with van der Waals surface area (Å²) in [5, 5.41) is 2.49. The minimum absolute atomic E-state index is 0.0740. The van der Waals surface area contributed by atoms with Crippen molar-refractivity contribution in [2.45, 2.75) is 110 Å². The van der Waals surface area contributed by atoms with E-state index in [-0.39, 0.29) is 21.7 Å². The predicted octanol–water partition coefficient (Wildman–Crippen LogP) is 9.67. The largest absolute Gasteiger partial charge is 0.492 e. The van der Waals surface area contributed by atoms with E-state index < -0.39 is 0 Å². The van der Waals surface area contributed by atoms with Gasteiger partial charge in [0.25, 0.3) is 0 Å². The van der Waals surface area contributed by atoms with Crippen molar-refractivity contribution in [2.24, 2.45) is 0 Å². The molecule has 2 N–H and O–H groups in total. The number of rotatable bonds is 5. The van der Waals surface area contributed by atoms with E-state index in [0.29, 0.717) is 6.61 Å². The van der Waals surface area contributed by atoms with Gasteiger partial charge in [-0.25, -0.2) is 9.97 Å². The first-order valence-electron chi connectivity index (χ1n) is 15.8. The lowest BCUT2D eigenvalue weighted by atomic mass is 9.78. The highest BCUT2D eigenvalue weighted by atomic mass is 16.5. The Balaban J connectivity index is 1.24. The molecule has 5 nitrogen and oxygen atoms in total. The Hall–Kier alpha value is -3.60. The second-order valence-electron chi connectivity index (χ2n) is 16.0. The highest BCUT2D eigenvalue weighted by molar-refractivity contribution is 5.95. The van der Waals surface area contributed by atoms with E-state index in [1.54, 1.807) is 0 Å². The Labute approximate surface area is 256 Å². The van der Waals surface area contributed by atoms with Crippen LogP contribution in [0.15, 0.2) is 48.5 Å². The number of hydrogen-bond donors (Lipinski definition) is 2. The highest BCUT2D eigenvalue weighted by Gasteiger charge is 2.33. The van der Waals surface area contributed by atoms with Gasteiger partial charge >= 0.3 is 0 Å². The molecule has 0 aliphatic carbocycles. The molecule has 0 amide bonds. The monoisotopic (exact) mass is 576 g/mol. The number of aromatic nitrogens is 4. The van der Waals surface area contributed by atoms with Gasteiger partial charge in [0.15, 0.2) is 0 Å². The van der Waals surface area contributed by atoms with Crippen LogP contribution < -0.4 is 4.74 Å². The quantitative estimate of drug-likeness (QED) is 0.219. The Morgan fingerprint density at radius 1 is 0.674 bits per heavy atom. The number of H-pyrrole nitrogens is 2. The van der Waals surface area contributed by atoms with Crippen molar-refractivity contribution in [3.05, 3.63) is 77.0 Å². The summed E-state index contributed by atoms with van der Waals surface area (Å²) >= 11 is 0. The number of aromatic amines is 2. The summed E-state index contributed by atoms with van der Waals surface area (Å²) in [5.41, 5.74) is 8.04. The van der Waals surface area contributed by atoms with Crippen LogP contribution in [-0.4, -0.2) is 26.5 Å². The van der Waals surface area contributed by atoms with Crippen molar-refractivity contribution in [3.63, 3.8) is 0 Å². The third-order valence-corrected chi connectivity index (χ3v) is 9.46. The van der Waals surface area contributed by atoms with Gasteiger partial charge in [0.05, 0.1) is 29.0 Å². The van der Waals surface area contributed by atoms with Crippen molar-refractivity contribution in [2.75, 3.05) is 6.61 Å². The van der Waals surface area contributed by atoms with Crippen molar-refractivity contribution < 1.29 is 4.74 Å². The first-order chi connectivity index (χ1) is 20.0. The molecule has 6 rings (SSSR count). The topological polar surface area (TPSA) is 66.6 Å². The zero-order valence-corrected chi connectivity index (χ0v) is 27.7. The van der Waals surface area contributed by atoms with Gasteiger partial charge in [-0.05, 0) is 69.8 Å². The molecule has 0 bridgehead atoms. The normalized spacial score (nSPS) is 14.5. The maximum Gasteiger partial charge on any atom is 0.128 e. The Kier molecular flexibility index (Phi) is 6.83. The van der Waals surface area contributed by atoms with Crippen molar-refractivity contribution in [1.82, 2.24) is 19.9 Å². The van der Waals surface area contributed by atoms with Gasteiger partial charge in [-0.3, -0.25) is 0 Å². The lowest BCUT2D eigenvalue weighted by Gasteiger charge is -2.29. The maximum atomic E-state index is 6.19. The molecule has 0 atom stereocenters. The van der Waals surface area contributed by atoms with Gasteiger partial charge in [-0.15, -0.1) is 0 Å². The summed E-state index contributed by atoms with van der Waals surface area (Å²) < 4.78 is 6.19. The molecule has 3 heterocycles. The first kappa shape index (κ1) is 29.5. The predicted molar refractivity (Wildman–Crippen MR) is 180 cm³/mol. The van der Waals surface area contributed by atoms with Gasteiger partial charge in [0.2, 0.25) is 0 Å². The Bertz CT molecular complexity index is 1820. The zero-order chi connectivity index (χ0) is 30.9. The number of nitrogens with one attached hydrogen (secondary N) is 2. The van der Waals surface area contributed by atoms with E-state index in [1.165, 1.54) is 21.9 Å². The van der Waals surface area contributed by atoms with Gasteiger partial charge in [-0.1, -0.05) is 93.5 Å². The second-order valence-corrected chi connectivity index (χ2v) is 16.0. The van der Waals surface area contributed by atoms with Crippen LogP contribution in [0.3, 0.4) is 0 Å². The van der Waals surface area contributed by atoms with Crippen LogP contribution in [0.25, 0.3) is 33.1 Å². The molecule has 0 saturated carbocycles. The van der Waals surface area contributed by atoms with Gasteiger partial charge in [0, 0.05) is 22.8 Å². The van der Waals surface area contributed by atoms with Crippen molar-refractivity contribution >= 4 is 21.8 Å². The van der Waals surface area contributed by atoms with Crippen LogP contribution >= 0.6 is 0 Å². The average molecular weight is 577 g/mol. The molecule has 0 saturated heterocycles. The number of nitrogens with zero attached hydrogens (tertiary/aromatic N) is 2. The fraction of sp³-hybridized carbons (Fsp3) is 0.474. The standard InChI is InChI=1S/C38H48N4O/c1-35(2,3)25-12-11-23-20-29-30(21-24(23)19-25)41-33(40-29)37(7,8)16-17-38(9,10)34-39-28-15-18-43-31-22-26(36(4,5)6)13-14-27(31)32(28)42-34/h11-14,19-22H,15-18H2,1-10H3,(H,39,42)(H,40,41). The van der Waals surface area contributed by atoms with Gasteiger partial charge in [0.1, 0.15) is 17.4 Å². The second kappa shape index (κ2) is 9.97. The SMILES string of the molecule is CC(C)(C)c1ccc2c(c1)OCCc1nc(C(C)(C)CCC(C)(C)c3nc4cc5ccc(C(C)(C)C)cc5cc4[nH]3)[nH]c1-2. The summed E-state index contributed by atoms with van der Waals surface area (Å²) in [5.74, 6) is 3.04. The summed E-state index contributed by atoms with van der Waals surface area (Å²) in [6, 6.07) is 17.9. The number of ether oxygens (including phenoxy) is 1. The molecule has 3 aromatic carbocycles. The minimum atomic E-state index is -0.125. The molecular formula is C38H48N4O. The molecule has 226 valence electrons. The Morgan fingerprint density at radius 2 is 1.30 bits per heavy atom. The van der Waals surface area contributed by atoms with E-state index in [4.69, 9.17) is 14.7 Å². The maximum absolute atomic E-state index is 6.19. The molecule has 5 heteroatoms. The lowest BCUT2D eigenvalue weighted by molar-refractivity contribution is 0.323. The van der Waals surface area contributed by atoms with Crippen LogP contribution in [0.4, 0.5) is 0 Å². The molecule has 0 fully saturated rings.